The zero-order valence-corrected chi connectivity index (χ0v) is 19.7. The number of phenols is 1. The van der Waals surface area contributed by atoms with E-state index in [1.165, 1.54) is 4.90 Å². The van der Waals surface area contributed by atoms with E-state index in [2.05, 4.69) is 0 Å². The number of aromatic hydroxyl groups is 1. The Bertz CT molecular complexity index is 1210. The third kappa shape index (κ3) is 2.91. The van der Waals surface area contributed by atoms with Crippen molar-refractivity contribution in [1.82, 2.24) is 4.90 Å². The Kier molecular flexibility index (Phi) is 5.30. The lowest BCUT2D eigenvalue weighted by Gasteiger charge is -2.50. The number of benzene rings is 1. The fourth-order valence-corrected chi connectivity index (χ4v) is 5.82. The molecule has 10 heteroatoms. The number of carbonyl (C=O) groups is 3. The van der Waals surface area contributed by atoms with E-state index in [4.69, 9.17) is 5.73 Å². The number of phenolic OH excluding ortho intramolecular Hbond substituents is 1. The highest BCUT2D eigenvalue weighted by Gasteiger charge is 2.64. The smallest absolute Gasteiger partial charge is 0.255 e. The molecule has 0 spiro atoms. The van der Waals surface area contributed by atoms with E-state index in [0.717, 1.165) is 5.69 Å². The van der Waals surface area contributed by atoms with Crippen LogP contribution >= 0.6 is 0 Å². The first kappa shape index (κ1) is 23.8. The lowest BCUT2D eigenvalue weighted by Crippen LogP contribution is -2.65. The monoisotopic (exact) mass is 471 g/mol. The molecule has 1 amide bonds. The van der Waals surface area contributed by atoms with Crippen molar-refractivity contribution >= 4 is 28.9 Å². The summed E-state index contributed by atoms with van der Waals surface area (Å²) in [4.78, 5) is 42.2. The normalized spacial score (nSPS) is 28.6. The summed E-state index contributed by atoms with van der Waals surface area (Å²) in [6, 6.07) is 0.686. The topological polar surface area (TPSA) is 165 Å². The van der Waals surface area contributed by atoms with Gasteiger partial charge in [-0.15, -0.1) is 0 Å². The number of aryl methyl sites for hydroxylation is 1. The van der Waals surface area contributed by atoms with Gasteiger partial charge in [0.05, 0.1) is 11.6 Å². The number of hydrogen-bond acceptors (Lipinski definition) is 9. The van der Waals surface area contributed by atoms with Crippen molar-refractivity contribution in [3.8, 4) is 5.75 Å². The molecule has 1 unspecified atom stereocenters. The van der Waals surface area contributed by atoms with Crippen LogP contribution in [0.15, 0.2) is 23.0 Å². The highest BCUT2D eigenvalue weighted by atomic mass is 16.3. The minimum atomic E-state index is -2.63. The number of rotatable bonds is 3. The molecule has 6 N–H and O–H groups in total. The number of aliphatic hydroxyl groups is 3. The Labute approximate surface area is 196 Å². The zero-order chi connectivity index (χ0) is 25.4. The minimum Gasteiger partial charge on any atom is -0.508 e. The number of ketones is 2. The second-order valence-electron chi connectivity index (χ2n) is 9.77. The number of primary amides is 1. The van der Waals surface area contributed by atoms with Crippen LogP contribution in [0.2, 0.25) is 0 Å². The Morgan fingerprint density at radius 2 is 1.76 bits per heavy atom. The Morgan fingerprint density at radius 1 is 1.15 bits per heavy atom. The van der Waals surface area contributed by atoms with Crippen molar-refractivity contribution < 1.29 is 34.8 Å². The molecule has 1 aromatic carbocycles. The standard InChI is InChI=1S/C24H29N3O7/c1-9-6-13(26(2)3)11-7-10-8-12-17(27(4)5)20(30)16(23(25)33)22(32)24(12,34)21(31)14(10)19(29)15(11)18(9)28/h6,10,12,17,28-29,32,34H,7-8H2,1-5H3,(H2,25,33)/t10-,12-,17?,24-/m0/s1. The molecule has 0 saturated heterocycles. The summed E-state index contributed by atoms with van der Waals surface area (Å²) in [6.07, 6.45) is 0.323. The maximum atomic E-state index is 13.8. The molecule has 0 radical (unpaired) electrons. The first-order chi connectivity index (χ1) is 15.7. The molecule has 3 aliphatic rings. The Morgan fingerprint density at radius 3 is 2.29 bits per heavy atom. The molecule has 1 aromatic rings. The van der Waals surface area contributed by atoms with Gasteiger partial charge < -0.3 is 31.1 Å². The van der Waals surface area contributed by atoms with Gasteiger partial charge in [-0.1, -0.05) is 0 Å². The lowest BCUT2D eigenvalue weighted by molar-refractivity contribution is -0.153. The molecular weight excluding hydrogens is 442 g/mol. The van der Waals surface area contributed by atoms with Gasteiger partial charge in [0.2, 0.25) is 5.78 Å². The van der Waals surface area contributed by atoms with Gasteiger partial charge in [0, 0.05) is 31.3 Å². The maximum Gasteiger partial charge on any atom is 0.255 e. The highest BCUT2D eigenvalue weighted by Crippen LogP contribution is 2.53. The molecule has 0 aromatic heterocycles. The van der Waals surface area contributed by atoms with Gasteiger partial charge in [-0.25, -0.2) is 0 Å². The van der Waals surface area contributed by atoms with E-state index in [1.54, 1.807) is 27.1 Å². The van der Waals surface area contributed by atoms with Crippen molar-refractivity contribution in [2.45, 2.75) is 31.4 Å². The molecule has 0 heterocycles. The van der Waals surface area contributed by atoms with Gasteiger partial charge in [-0.2, -0.15) is 0 Å². The zero-order valence-electron chi connectivity index (χ0n) is 19.7. The fraction of sp³-hybridized carbons (Fsp3) is 0.458. The molecule has 1 fully saturated rings. The average molecular weight is 472 g/mol. The van der Waals surface area contributed by atoms with Crippen LogP contribution in [-0.4, -0.2) is 82.6 Å². The molecule has 4 atom stereocenters. The summed E-state index contributed by atoms with van der Waals surface area (Å²) in [6.45, 7) is 1.67. The van der Waals surface area contributed by atoms with Crippen LogP contribution in [0.1, 0.15) is 23.1 Å². The van der Waals surface area contributed by atoms with Crippen LogP contribution in [0.4, 0.5) is 5.69 Å². The van der Waals surface area contributed by atoms with E-state index in [0.29, 0.717) is 11.1 Å². The number of nitrogens with two attached hydrogens (primary N) is 1. The summed E-state index contributed by atoms with van der Waals surface area (Å²) in [7, 11) is 6.78. The summed E-state index contributed by atoms with van der Waals surface area (Å²) in [5.41, 5.74) is 3.69. The number of aliphatic hydroxyl groups excluding tert-OH is 2. The third-order valence-electron chi connectivity index (χ3n) is 7.37. The van der Waals surface area contributed by atoms with Crippen molar-refractivity contribution in [2.24, 2.45) is 17.6 Å². The predicted molar refractivity (Wildman–Crippen MR) is 123 cm³/mol. The van der Waals surface area contributed by atoms with Crippen LogP contribution in [0.5, 0.6) is 5.75 Å². The number of Topliss-reactive ketones (excluding diaryl/α,β-unsaturated/α-hetero) is 2. The fourth-order valence-electron chi connectivity index (χ4n) is 5.82. The minimum absolute atomic E-state index is 0.0628. The second kappa shape index (κ2) is 7.57. The van der Waals surface area contributed by atoms with Gasteiger partial charge in [0.15, 0.2) is 11.4 Å². The van der Waals surface area contributed by atoms with E-state index < -0.39 is 58.0 Å². The Hall–Kier alpha value is -3.37. The maximum absolute atomic E-state index is 13.8. The largest absolute Gasteiger partial charge is 0.508 e. The van der Waals surface area contributed by atoms with E-state index in [9.17, 15) is 34.8 Å². The third-order valence-corrected chi connectivity index (χ3v) is 7.37. The van der Waals surface area contributed by atoms with Gasteiger partial charge >= 0.3 is 0 Å². The number of anilines is 1. The number of nitrogens with zero attached hydrogens (tertiary/aromatic N) is 2. The molecule has 1 saturated carbocycles. The Balaban J connectivity index is 2.01. The summed E-state index contributed by atoms with van der Waals surface area (Å²) in [5.74, 6) is -6.49. The number of fused-ring (bicyclic) bond motifs is 3. The van der Waals surface area contributed by atoms with Gasteiger partial charge in [0.25, 0.3) is 5.91 Å². The van der Waals surface area contributed by atoms with Gasteiger partial charge in [0.1, 0.15) is 22.8 Å². The molecule has 0 bridgehead atoms. The number of likely N-dealkylation sites (N-methyl/N-ethyl adjacent to an activating group) is 1. The van der Waals surface area contributed by atoms with Crippen molar-refractivity contribution in [3.05, 3.63) is 39.7 Å². The molecule has 34 heavy (non-hydrogen) atoms. The van der Waals surface area contributed by atoms with Gasteiger partial charge in [-0.05, 0) is 57.0 Å². The quantitative estimate of drug-likeness (QED) is 0.391. The van der Waals surface area contributed by atoms with E-state index in [-0.39, 0.29) is 29.7 Å². The SMILES string of the molecule is Cc1cc(N(C)C)c2c(c1O)C(O)=C1C(=O)[C@]3(O)C(O)=C(C(N)=O)C(=O)C(N(C)C)[C@@H]3C[C@@H]1C2. The van der Waals surface area contributed by atoms with Crippen molar-refractivity contribution in [2.75, 3.05) is 33.1 Å². The second-order valence-corrected chi connectivity index (χ2v) is 9.77. The van der Waals surface area contributed by atoms with Crippen molar-refractivity contribution in [1.29, 1.82) is 0 Å². The van der Waals surface area contributed by atoms with Crippen LogP contribution in [0.25, 0.3) is 5.76 Å². The molecule has 0 aliphatic heterocycles. The number of carbonyl (C=O) groups excluding carboxylic acids is 3. The van der Waals surface area contributed by atoms with Crippen LogP contribution < -0.4 is 10.6 Å². The summed E-state index contributed by atoms with van der Waals surface area (Å²) >= 11 is 0. The first-order valence-electron chi connectivity index (χ1n) is 10.9. The van der Waals surface area contributed by atoms with Crippen LogP contribution in [0.3, 0.4) is 0 Å². The number of hydrogen-bond donors (Lipinski definition) is 5. The van der Waals surface area contributed by atoms with Crippen LogP contribution in [-0.2, 0) is 20.8 Å². The molecule has 3 aliphatic carbocycles. The van der Waals surface area contributed by atoms with Gasteiger partial charge in [-0.3, -0.25) is 19.3 Å². The summed E-state index contributed by atoms with van der Waals surface area (Å²) in [5, 5.41) is 44.4. The predicted octanol–water partition coefficient (Wildman–Crippen LogP) is 0.338. The average Bonchev–Trinajstić information content (AvgIpc) is 2.72. The molecule has 10 nitrogen and oxygen atoms in total. The number of amides is 1. The molecule has 4 rings (SSSR count). The lowest BCUT2D eigenvalue weighted by atomic mass is 9.57. The molecular formula is C24H29N3O7. The van der Waals surface area contributed by atoms with E-state index in [1.807, 2.05) is 19.0 Å². The van der Waals surface area contributed by atoms with E-state index >= 15 is 0 Å². The molecule has 182 valence electrons. The summed E-state index contributed by atoms with van der Waals surface area (Å²) < 4.78 is 0. The van der Waals surface area contributed by atoms with Crippen LogP contribution in [0, 0.1) is 18.8 Å². The first-order valence-corrected chi connectivity index (χ1v) is 10.9. The van der Waals surface area contributed by atoms with Crippen molar-refractivity contribution in [3.63, 3.8) is 0 Å². The highest BCUT2D eigenvalue weighted by molar-refractivity contribution is 6.24.